The first-order valence-corrected chi connectivity index (χ1v) is 9.58. The Kier molecular flexibility index (Phi) is 6.79. The van der Waals surface area contributed by atoms with Gasteiger partial charge in [0.25, 0.3) is 0 Å². The maximum absolute atomic E-state index is 5.84. The van der Waals surface area contributed by atoms with Gasteiger partial charge in [-0.2, -0.15) is 0 Å². The Balaban J connectivity index is 1.30. The summed E-state index contributed by atoms with van der Waals surface area (Å²) in [5.41, 5.74) is 0. The predicted molar refractivity (Wildman–Crippen MR) is 98.0 cm³/mol. The maximum atomic E-state index is 5.84. The van der Waals surface area contributed by atoms with Crippen molar-refractivity contribution in [3.8, 4) is 11.5 Å². The summed E-state index contributed by atoms with van der Waals surface area (Å²) in [5.74, 6) is 1.76. The molecule has 0 bridgehead atoms. The zero-order valence-electron chi connectivity index (χ0n) is 15.1. The molecule has 4 heteroatoms. The van der Waals surface area contributed by atoms with Crippen LogP contribution >= 0.6 is 0 Å². The molecular weight excluding hydrogens is 300 g/mol. The summed E-state index contributed by atoms with van der Waals surface area (Å²) in [6.45, 7) is 7.09. The second kappa shape index (κ2) is 9.28. The van der Waals surface area contributed by atoms with Crippen LogP contribution in [0.5, 0.6) is 11.5 Å². The molecule has 2 fully saturated rings. The third-order valence-electron chi connectivity index (χ3n) is 5.39. The van der Waals surface area contributed by atoms with Gasteiger partial charge in [0, 0.05) is 18.7 Å². The molecule has 0 saturated carbocycles. The van der Waals surface area contributed by atoms with Crippen molar-refractivity contribution in [3.05, 3.63) is 24.3 Å². The maximum Gasteiger partial charge on any atom is 0.122 e. The molecule has 1 aromatic rings. The molecular formula is C20H32N2O2. The van der Waals surface area contributed by atoms with E-state index in [1.165, 1.54) is 58.3 Å². The topological polar surface area (TPSA) is 24.9 Å². The molecule has 0 radical (unpaired) electrons. The summed E-state index contributed by atoms with van der Waals surface area (Å²) in [7, 11) is 1.69. The third-order valence-corrected chi connectivity index (χ3v) is 5.39. The van der Waals surface area contributed by atoms with Gasteiger partial charge in [0.2, 0.25) is 0 Å². The van der Waals surface area contributed by atoms with Gasteiger partial charge in [0.1, 0.15) is 11.5 Å². The van der Waals surface area contributed by atoms with Gasteiger partial charge < -0.3 is 19.3 Å². The molecule has 0 N–H and O–H groups in total. The van der Waals surface area contributed by atoms with Crippen molar-refractivity contribution >= 4 is 0 Å². The Morgan fingerprint density at radius 1 is 1.00 bits per heavy atom. The van der Waals surface area contributed by atoms with Crippen LogP contribution in [0, 0.1) is 0 Å². The number of likely N-dealkylation sites (tertiary alicyclic amines) is 2. The van der Waals surface area contributed by atoms with Crippen molar-refractivity contribution in [1.82, 2.24) is 9.80 Å². The fourth-order valence-electron chi connectivity index (χ4n) is 3.96. The highest BCUT2D eigenvalue weighted by atomic mass is 16.5. The smallest absolute Gasteiger partial charge is 0.122 e. The number of piperidine rings is 2. The number of rotatable bonds is 7. The summed E-state index contributed by atoms with van der Waals surface area (Å²) in [6, 6.07) is 8.70. The van der Waals surface area contributed by atoms with Crippen LogP contribution in [0.1, 0.15) is 38.5 Å². The standard InChI is InChI=1S/C20H32N2O2/c1-23-19-7-5-8-20(17-19)24-16-6-11-21-14-9-18(10-15-21)22-12-3-2-4-13-22/h5,7-8,17-18H,2-4,6,9-16H2,1H3. The fraction of sp³-hybridized carbons (Fsp3) is 0.700. The molecule has 0 unspecified atom stereocenters. The van der Waals surface area contributed by atoms with Gasteiger partial charge >= 0.3 is 0 Å². The average Bonchev–Trinajstić information content (AvgIpc) is 2.67. The Morgan fingerprint density at radius 3 is 2.50 bits per heavy atom. The average molecular weight is 332 g/mol. The molecule has 2 aliphatic heterocycles. The van der Waals surface area contributed by atoms with Crippen LogP contribution in [0.4, 0.5) is 0 Å². The molecule has 2 aliphatic rings. The lowest BCUT2D eigenvalue weighted by Gasteiger charge is -2.40. The molecule has 134 valence electrons. The van der Waals surface area contributed by atoms with Gasteiger partial charge in [-0.05, 0) is 70.4 Å². The summed E-state index contributed by atoms with van der Waals surface area (Å²) >= 11 is 0. The first-order valence-electron chi connectivity index (χ1n) is 9.58. The van der Waals surface area contributed by atoms with Crippen molar-refractivity contribution in [3.63, 3.8) is 0 Å². The highest BCUT2D eigenvalue weighted by Crippen LogP contribution is 2.21. The van der Waals surface area contributed by atoms with Crippen molar-refractivity contribution < 1.29 is 9.47 Å². The summed E-state index contributed by atoms with van der Waals surface area (Å²) < 4.78 is 11.1. The second-order valence-corrected chi connectivity index (χ2v) is 7.05. The minimum atomic E-state index is 0.777. The minimum absolute atomic E-state index is 0.777. The zero-order chi connectivity index (χ0) is 16.6. The third kappa shape index (κ3) is 5.12. The van der Waals surface area contributed by atoms with Gasteiger partial charge in [-0.1, -0.05) is 12.5 Å². The normalized spacial score (nSPS) is 20.9. The highest BCUT2D eigenvalue weighted by molar-refractivity contribution is 5.32. The molecule has 1 aromatic carbocycles. The van der Waals surface area contributed by atoms with Crippen LogP contribution in [0.3, 0.4) is 0 Å². The van der Waals surface area contributed by atoms with E-state index in [0.29, 0.717) is 0 Å². The van der Waals surface area contributed by atoms with E-state index in [0.717, 1.165) is 37.1 Å². The van der Waals surface area contributed by atoms with Crippen LogP contribution in [0.2, 0.25) is 0 Å². The molecule has 4 nitrogen and oxygen atoms in total. The largest absolute Gasteiger partial charge is 0.497 e. The predicted octanol–water partition coefficient (Wildman–Crippen LogP) is 3.41. The van der Waals surface area contributed by atoms with E-state index in [1.807, 2.05) is 24.3 Å². The van der Waals surface area contributed by atoms with Gasteiger partial charge in [0.05, 0.1) is 13.7 Å². The number of hydrogen-bond donors (Lipinski definition) is 0. The van der Waals surface area contributed by atoms with Gasteiger partial charge in [-0.25, -0.2) is 0 Å². The van der Waals surface area contributed by atoms with E-state index in [2.05, 4.69) is 9.80 Å². The molecule has 0 atom stereocenters. The first-order chi connectivity index (χ1) is 11.8. The Hall–Kier alpha value is -1.26. The lowest BCUT2D eigenvalue weighted by atomic mass is 10.00. The van der Waals surface area contributed by atoms with Crippen LogP contribution in [-0.4, -0.2) is 62.3 Å². The Bertz CT molecular complexity index is 480. The number of nitrogens with zero attached hydrogens (tertiary/aromatic N) is 2. The molecule has 2 heterocycles. The van der Waals surface area contributed by atoms with Gasteiger partial charge in [-0.15, -0.1) is 0 Å². The zero-order valence-corrected chi connectivity index (χ0v) is 15.1. The van der Waals surface area contributed by atoms with Crippen LogP contribution in [0.25, 0.3) is 0 Å². The van der Waals surface area contributed by atoms with E-state index < -0.39 is 0 Å². The van der Waals surface area contributed by atoms with Crippen molar-refractivity contribution in [2.45, 2.75) is 44.6 Å². The van der Waals surface area contributed by atoms with Crippen LogP contribution in [0.15, 0.2) is 24.3 Å². The monoisotopic (exact) mass is 332 g/mol. The fourth-order valence-corrected chi connectivity index (χ4v) is 3.96. The van der Waals surface area contributed by atoms with E-state index >= 15 is 0 Å². The van der Waals surface area contributed by atoms with E-state index in [-0.39, 0.29) is 0 Å². The minimum Gasteiger partial charge on any atom is -0.497 e. The number of hydrogen-bond acceptors (Lipinski definition) is 4. The van der Waals surface area contributed by atoms with E-state index in [4.69, 9.17) is 9.47 Å². The Morgan fingerprint density at radius 2 is 1.75 bits per heavy atom. The molecule has 0 spiro atoms. The van der Waals surface area contributed by atoms with Crippen LogP contribution < -0.4 is 9.47 Å². The number of ether oxygens (including phenoxy) is 2. The lowest BCUT2D eigenvalue weighted by Crippen LogP contribution is -2.46. The van der Waals surface area contributed by atoms with E-state index in [9.17, 15) is 0 Å². The quantitative estimate of drug-likeness (QED) is 0.714. The molecule has 2 saturated heterocycles. The Labute approximate surface area is 146 Å². The van der Waals surface area contributed by atoms with E-state index in [1.54, 1.807) is 7.11 Å². The molecule has 24 heavy (non-hydrogen) atoms. The number of benzene rings is 1. The number of methoxy groups -OCH3 is 1. The molecule has 0 aliphatic carbocycles. The van der Waals surface area contributed by atoms with Gasteiger partial charge in [-0.3, -0.25) is 0 Å². The SMILES string of the molecule is COc1cccc(OCCCN2CCC(N3CCCCC3)CC2)c1. The van der Waals surface area contributed by atoms with Crippen molar-refractivity contribution in [2.24, 2.45) is 0 Å². The second-order valence-electron chi connectivity index (χ2n) is 7.05. The lowest BCUT2D eigenvalue weighted by molar-refractivity contribution is 0.0901. The van der Waals surface area contributed by atoms with Crippen LogP contribution in [-0.2, 0) is 0 Å². The van der Waals surface area contributed by atoms with Crippen molar-refractivity contribution in [1.29, 1.82) is 0 Å². The highest BCUT2D eigenvalue weighted by Gasteiger charge is 2.25. The molecule has 3 rings (SSSR count). The van der Waals surface area contributed by atoms with Crippen molar-refractivity contribution in [2.75, 3.05) is 46.4 Å². The summed E-state index contributed by atoms with van der Waals surface area (Å²) in [5, 5.41) is 0. The molecule has 0 amide bonds. The molecule has 0 aromatic heterocycles. The first kappa shape index (κ1) is 17.6. The van der Waals surface area contributed by atoms with Gasteiger partial charge in [0.15, 0.2) is 0 Å². The summed E-state index contributed by atoms with van der Waals surface area (Å²) in [4.78, 5) is 5.35. The summed E-state index contributed by atoms with van der Waals surface area (Å²) in [6.07, 6.45) is 8.02.